The van der Waals surface area contributed by atoms with E-state index in [0.29, 0.717) is 32.7 Å². The largest absolute Gasteiger partial charge is 0.504 e. The van der Waals surface area contributed by atoms with E-state index in [9.17, 15) is 5.11 Å². The molecular weight excluding hydrogens is 337 g/mol. The van der Waals surface area contributed by atoms with Crippen molar-refractivity contribution in [2.75, 3.05) is 13.7 Å². The zero-order chi connectivity index (χ0) is 16.8. The highest BCUT2D eigenvalue weighted by Gasteiger charge is 2.08. The Morgan fingerprint density at radius 1 is 1.17 bits per heavy atom. The van der Waals surface area contributed by atoms with Gasteiger partial charge in [-0.15, -0.1) is 0 Å². The number of methoxy groups -OCH3 is 1. The summed E-state index contributed by atoms with van der Waals surface area (Å²) in [4.78, 5) is 0. The second-order valence-corrected chi connectivity index (χ2v) is 5.39. The number of halogens is 2. The molecule has 6 heteroatoms. The standard InChI is InChI=1S/C17H15Cl2NO3/c1-22-16-12(8-11(10-20)9-15(16)21)4-3-7-23-17-13(18)5-2-6-14(17)19/h2-6,8-10,20-21H,7H2,1H3/b4-3+,20-10?. The van der Waals surface area contributed by atoms with Gasteiger partial charge in [-0.25, -0.2) is 0 Å². The summed E-state index contributed by atoms with van der Waals surface area (Å²) in [5.74, 6) is 0.731. The molecule has 0 aliphatic rings. The lowest BCUT2D eigenvalue weighted by Crippen LogP contribution is -1.95. The first-order chi connectivity index (χ1) is 11.1. The lowest BCUT2D eigenvalue weighted by Gasteiger charge is -2.09. The number of rotatable bonds is 6. The van der Waals surface area contributed by atoms with E-state index in [1.54, 1.807) is 36.4 Å². The average molecular weight is 352 g/mol. The minimum absolute atomic E-state index is 0.0248. The Morgan fingerprint density at radius 2 is 1.87 bits per heavy atom. The summed E-state index contributed by atoms with van der Waals surface area (Å²) < 4.78 is 10.7. The lowest BCUT2D eigenvalue weighted by molar-refractivity contribution is 0.363. The highest BCUT2D eigenvalue weighted by molar-refractivity contribution is 6.37. The van der Waals surface area contributed by atoms with Crippen molar-refractivity contribution in [2.24, 2.45) is 0 Å². The van der Waals surface area contributed by atoms with Gasteiger partial charge in [0.2, 0.25) is 0 Å². The first kappa shape index (κ1) is 17.2. The Kier molecular flexibility index (Phi) is 5.90. The third-order valence-electron chi connectivity index (χ3n) is 3.03. The molecule has 0 bridgehead atoms. The minimum Gasteiger partial charge on any atom is -0.504 e. The number of nitrogens with one attached hydrogen (secondary N) is 1. The Bertz CT molecular complexity index is 725. The molecule has 2 aromatic rings. The predicted molar refractivity (Wildman–Crippen MR) is 93.5 cm³/mol. The van der Waals surface area contributed by atoms with Gasteiger partial charge in [0, 0.05) is 11.8 Å². The molecule has 2 N–H and O–H groups in total. The quantitative estimate of drug-likeness (QED) is 0.735. The molecule has 2 aromatic carbocycles. The molecule has 0 unspecified atom stereocenters. The van der Waals surface area contributed by atoms with Crippen LogP contribution in [0.2, 0.25) is 10.0 Å². The van der Waals surface area contributed by atoms with Crippen molar-refractivity contribution in [3.8, 4) is 17.2 Å². The van der Waals surface area contributed by atoms with Crippen LogP contribution >= 0.6 is 23.2 Å². The van der Waals surface area contributed by atoms with Crippen molar-refractivity contribution < 1.29 is 14.6 Å². The molecule has 23 heavy (non-hydrogen) atoms. The maximum atomic E-state index is 9.88. The maximum absolute atomic E-state index is 9.88. The molecule has 120 valence electrons. The second kappa shape index (κ2) is 7.90. The van der Waals surface area contributed by atoms with Crippen molar-refractivity contribution >= 4 is 35.5 Å². The average Bonchev–Trinajstić information content (AvgIpc) is 2.53. The Hall–Kier alpha value is -2.17. The van der Waals surface area contributed by atoms with Gasteiger partial charge in [-0.1, -0.05) is 35.3 Å². The highest BCUT2D eigenvalue weighted by Crippen LogP contribution is 2.33. The predicted octanol–water partition coefficient (Wildman–Crippen LogP) is 4.80. The summed E-state index contributed by atoms with van der Waals surface area (Å²) in [5, 5.41) is 18.0. The van der Waals surface area contributed by atoms with E-state index in [1.165, 1.54) is 13.2 Å². The Labute approximate surface area is 144 Å². The fraction of sp³-hybridized carbons (Fsp3) is 0.118. The summed E-state index contributed by atoms with van der Waals surface area (Å²) >= 11 is 12.0. The number of benzene rings is 2. The molecule has 4 nitrogen and oxygen atoms in total. The number of phenolic OH excluding ortho intramolecular Hbond substituents is 1. The molecule has 0 aromatic heterocycles. The summed E-state index contributed by atoms with van der Waals surface area (Å²) in [6.45, 7) is 0.238. The van der Waals surface area contributed by atoms with Crippen molar-refractivity contribution in [1.82, 2.24) is 0 Å². The normalized spacial score (nSPS) is 10.7. The molecular formula is C17H15Cl2NO3. The van der Waals surface area contributed by atoms with E-state index in [0.717, 1.165) is 6.21 Å². The van der Waals surface area contributed by atoms with Gasteiger partial charge in [0.15, 0.2) is 17.2 Å². The van der Waals surface area contributed by atoms with Gasteiger partial charge in [-0.05, 0) is 35.9 Å². The smallest absolute Gasteiger partial charge is 0.167 e. The van der Waals surface area contributed by atoms with E-state index in [-0.39, 0.29) is 12.4 Å². The molecule has 0 aliphatic heterocycles. The van der Waals surface area contributed by atoms with Crippen LogP contribution in [0.15, 0.2) is 36.4 Å². The van der Waals surface area contributed by atoms with Crippen molar-refractivity contribution in [3.63, 3.8) is 0 Å². The summed E-state index contributed by atoms with van der Waals surface area (Å²) in [6.07, 6.45) is 4.62. The van der Waals surface area contributed by atoms with Crippen LogP contribution in [0.25, 0.3) is 6.08 Å². The van der Waals surface area contributed by atoms with Crippen LogP contribution in [0.1, 0.15) is 11.1 Å². The van der Waals surface area contributed by atoms with Crippen LogP contribution in [-0.4, -0.2) is 25.0 Å². The maximum Gasteiger partial charge on any atom is 0.167 e. The monoisotopic (exact) mass is 351 g/mol. The molecule has 0 fully saturated rings. The SMILES string of the molecule is COc1c(O)cc(C=N)cc1/C=C/COc1c(Cl)cccc1Cl. The van der Waals surface area contributed by atoms with Gasteiger partial charge in [-0.2, -0.15) is 0 Å². The van der Waals surface area contributed by atoms with Crippen LogP contribution in [0, 0.1) is 5.41 Å². The van der Waals surface area contributed by atoms with Crippen LogP contribution in [-0.2, 0) is 0 Å². The zero-order valence-corrected chi connectivity index (χ0v) is 13.9. The van der Waals surface area contributed by atoms with E-state index in [1.807, 2.05) is 0 Å². The van der Waals surface area contributed by atoms with E-state index < -0.39 is 0 Å². The molecule has 0 saturated heterocycles. The van der Waals surface area contributed by atoms with Crippen LogP contribution in [0.5, 0.6) is 17.2 Å². The van der Waals surface area contributed by atoms with Crippen LogP contribution in [0.3, 0.4) is 0 Å². The molecule has 0 aliphatic carbocycles. The zero-order valence-electron chi connectivity index (χ0n) is 12.3. The fourth-order valence-corrected chi connectivity index (χ4v) is 2.52. The fourth-order valence-electron chi connectivity index (χ4n) is 2.01. The van der Waals surface area contributed by atoms with E-state index >= 15 is 0 Å². The van der Waals surface area contributed by atoms with Gasteiger partial charge in [-0.3, -0.25) is 0 Å². The van der Waals surface area contributed by atoms with Crippen molar-refractivity contribution in [1.29, 1.82) is 5.41 Å². The molecule has 2 rings (SSSR count). The van der Waals surface area contributed by atoms with Gasteiger partial charge in [0.1, 0.15) is 6.61 Å². The third kappa shape index (κ3) is 4.18. The van der Waals surface area contributed by atoms with Gasteiger partial charge < -0.3 is 20.0 Å². The minimum atomic E-state index is -0.0248. The van der Waals surface area contributed by atoms with E-state index in [2.05, 4.69) is 0 Å². The van der Waals surface area contributed by atoms with Crippen LogP contribution in [0.4, 0.5) is 0 Å². The number of ether oxygens (including phenoxy) is 2. The van der Waals surface area contributed by atoms with Crippen LogP contribution < -0.4 is 9.47 Å². The molecule has 0 spiro atoms. The molecule has 0 atom stereocenters. The number of phenols is 1. The molecule has 0 radical (unpaired) electrons. The molecule has 0 saturated carbocycles. The topological polar surface area (TPSA) is 62.5 Å². The third-order valence-corrected chi connectivity index (χ3v) is 3.63. The molecule has 0 heterocycles. The first-order valence-electron chi connectivity index (χ1n) is 6.71. The number of hydrogen-bond acceptors (Lipinski definition) is 4. The number of para-hydroxylation sites is 1. The summed E-state index contributed by atoms with van der Waals surface area (Å²) in [6, 6.07) is 8.32. The first-order valence-corrected chi connectivity index (χ1v) is 7.47. The highest BCUT2D eigenvalue weighted by atomic mass is 35.5. The van der Waals surface area contributed by atoms with Crippen molar-refractivity contribution in [3.05, 3.63) is 57.6 Å². The number of aromatic hydroxyl groups is 1. The lowest BCUT2D eigenvalue weighted by atomic mass is 10.1. The van der Waals surface area contributed by atoms with E-state index in [4.69, 9.17) is 38.1 Å². The van der Waals surface area contributed by atoms with Crippen molar-refractivity contribution in [2.45, 2.75) is 0 Å². The molecule has 0 amide bonds. The summed E-state index contributed by atoms with van der Waals surface area (Å²) in [5.41, 5.74) is 1.21. The Morgan fingerprint density at radius 3 is 2.48 bits per heavy atom. The Balaban J connectivity index is 2.15. The van der Waals surface area contributed by atoms with Gasteiger partial charge >= 0.3 is 0 Å². The number of hydrogen-bond donors (Lipinski definition) is 2. The second-order valence-electron chi connectivity index (χ2n) is 4.57. The van der Waals surface area contributed by atoms with Gasteiger partial charge in [0.25, 0.3) is 0 Å². The summed E-state index contributed by atoms with van der Waals surface area (Å²) in [7, 11) is 1.47. The van der Waals surface area contributed by atoms with Gasteiger partial charge in [0.05, 0.1) is 17.2 Å².